The van der Waals surface area contributed by atoms with Crippen molar-refractivity contribution in [1.82, 2.24) is 0 Å². The van der Waals surface area contributed by atoms with Crippen LogP contribution in [-0.4, -0.2) is 29.2 Å². The van der Waals surface area contributed by atoms with Gasteiger partial charge in [-0.3, -0.25) is 0 Å². The molecule has 112 valence electrons. The Hall–Kier alpha value is -0.420. The molecule has 0 radical (unpaired) electrons. The first-order chi connectivity index (χ1) is 9.36. The number of benzene rings is 1. The topological polar surface area (TPSA) is 38.7 Å². The lowest BCUT2D eigenvalue weighted by molar-refractivity contribution is -0.161. The molecule has 1 fully saturated rings. The Balaban J connectivity index is 2.17. The number of hydrogen-bond acceptors (Lipinski definition) is 3. The molecule has 1 aromatic rings. The molecule has 0 aliphatic carbocycles. The summed E-state index contributed by atoms with van der Waals surface area (Å²) in [6.07, 6.45) is 2.31. The van der Waals surface area contributed by atoms with Crippen molar-refractivity contribution in [2.45, 2.75) is 57.5 Å². The molecule has 1 saturated heterocycles. The average Bonchev–Trinajstić information content (AvgIpc) is 2.60. The smallest absolute Gasteiger partial charge is 0.164 e. The van der Waals surface area contributed by atoms with Gasteiger partial charge in [0.25, 0.3) is 0 Å². The van der Waals surface area contributed by atoms with Crippen LogP contribution in [0, 0.1) is 0 Å². The Bertz CT molecular complexity index is 461. The van der Waals surface area contributed by atoms with Crippen LogP contribution in [0.2, 0.25) is 0 Å². The summed E-state index contributed by atoms with van der Waals surface area (Å²) in [5.74, 6) is -0.573. The quantitative estimate of drug-likeness (QED) is 0.887. The molecule has 0 bridgehead atoms. The van der Waals surface area contributed by atoms with Crippen LogP contribution in [0.1, 0.15) is 39.2 Å². The van der Waals surface area contributed by atoms with E-state index in [-0.39, 0.29) is 18.3 Å². The van der Waals surface area contributed by atoms with E-state index in [1.165, 1.54) is 5.56 Å². The molecule has 3 nitrogen and oxygen atoms in total. The second kappa shape index (κ2) is 6.14. The van der Waals surface area contributed by atoms with Gasteiger partial charge in [0, 0.05) is 17.5 Å². The van der Waals surface area contributed by atoms with Crippen molar-refractivity contribution in [1.29, 1.82) is 0 Å². The zero-order chi connectivity index (χ0) is 14.8. The minimum Gasteiger partial charge on any atom is -0.396 e. The summed E-state index contributed by atoms with van der Waals surface area (Å²) in [7, 11) is 0. The lowest BCUT2D eigenvalue weighted by atomic mass is 9.89. The zero-order valence-electron chi connectivity index (χ0n) is 12.4. The summed E-state index contributed by atoms with van der Waals surface area (Å²) < 4.78 is 13.3. The van der Waals surface area contributed by atoms with Gasteiger partial charge < -0.3 is 14.6 Å². The number of hydrogen-bond donors (Lipinski definition) is 1. The highest BCUT2D eigenvalue weighted by Crippen LogP contribution is 2.41. The third kappa shape index (κ3) is 3.61. The van der Waals surface area contributed by atoms with Crippen molar-refractivity contribution in [3.63, 3.8) is 0 Å². The molecule has 0 saturated carbocycles. The van der Waals surface area contributed by atoms with Crippen molar-refractivity contribution in [3.8, 4) is 0 Å². The number of aliphatic hydroxyl groups excluding tert-OH is 1. The van der Waals surface area contributed by atoms with E-state index in [9.17, 15) is 0 Å². The van der Waals surface area contributed by atoms with Crippen molar-refractivity contribution < 1.29 is 14.6 Å². The van der Waals surface area contributed by atoms with Gasteiger partial charge in [-0.1, -0.05) is 34.1 Å². The van der Waals surface area contributed by atoms with E-state index in [1.54, 1.807) is 0 Å². The highest BCUT2D eigenvalue weighted by molar-refractivity contribution is 9.10. The van der Waals surface area contributed by atoms with Gasteiger partial charge in [0.2, 0.25) is 0 Å². The fourth-order valence-corrected chi connectivity index (χ4v) is 3.33. The summed E-state index contributed by atoms with van der Waals surface area (Å²) in [6, 6.07) is 8.19. The number of ether oxygens (including phenoxy) is 2. The molecule has 1 aliphatic heterocycles. The van der Waals surface area contributed by atoms with E-state index in [2.05, 4.69) is 28.9 Å². The zero-order valence-corrected chi connectivity index (χ0v) is 13.9. The van der Waals surface area contributed by atoms with Gasteiger partial charge in [0.1, 0.15) is 0 Å². The molecule has 0 amide bonds. The number of rotatable bonds is 5. The van der Waals surface area contributed by atoms with Crippen LogP contribution in [0.25, 0.3) is 0 Å². The second-order valence-corrected chi connectivity index (χ2v) is 6.90. The minimum atomic E-state index is -0.573. The predicted octanol–water partition coefficient (Wildman–Crippen LogP) is 3.67. The predicted molar refractivity (Wildman–Crippen MR) is 82.6 cm³/mol. The summed E-state index contributed by atoms with van der Waals surface area (Å²) in [6.45, 7) is 6.16. The average molecular weight is 343 g/mol. The van der Waals surface area contributed by atoms with Crippen LogP contribution in [0.3, 0.4) is 0 Å². The van der Waals surface area contributed by atoms with Crippen molar-refractivity contribution in [2.24, 2.45) is 0 Å². The summed E-state index contributed by atoms with van der Waals surface area (Å²) >= 11 is 3.59. The molecule has 1 aromatic carbocycles. The SMILES string of the molecule is CC1(C)O[C@@H](Cc2ccccc2Br)[C@](C)(CCCO)O1. The van der Waals surface area contributed by atoms with Gasteiger partial charge in [-0.15, -0.1) is 0 Å². The highest BCUT2D eigenvalue weighted by Gasteiger charge is 2.49. The number of aliphatic hydroxyl groups is 1. The lowest BCUT2D eigenvalue weighted by Crippen LogP contribution is -2.38. The first-order valence-electron chi connectivity index (χ1n) is 7.08. The molecular formula is C16H23BrO3. The molecule has 2 rings (SSSR count). The third-order valence-electron chi connectivity index (χ3n) is 3.78. The Kier molecular flexibility index (Phi) is 4.90. The first-order valence-corrected chi connectivity index (χ1v) is 7.88. The van der Waals surface area contributed by atoms with Gasteiger partial charge in [-0.05, 0) is 45.2 Å². The van der Waals surface area contributed by atoms with Gasteiger partial charge in [-0.25, -0.2) is 0 Å². The van der Waals surface area contributed by atoms with Gasteiger partial charge in [0.05, 0.1) is 11.7 Å². The molecule has 2 atom stereocenters. The second-order valence-electron chi connectivity index (χ2n) is 6.04. The summed E-state index contributed by atoms with van der Waals surface area (Å²) in [5, 5.41) is 9.09. The molecule has 1 N–H and O–H groups in total. The van der Waals surface area contributed by atoms with E-state index >= 15 is 0 Å². The fourth-order valence-electron chi connectivity index (χ4n) is 2.88. The summed E-state index contributed by atoms with van der Waals surface area (Å²) in [4.78, 5) is 0. The van der Waals surface area contributed by atoms with Crippen LogP contribution in [0.15, 0.2) is 28.7 Å². The molecular weight excluding hydrogens is 320 g/mol. The van der Waals surface area contributed by atoms with Crippen LogP contribution >= 0.6 is 15.9 Å². The van der Waals surface area contributed by atoms with Crippen LogP contribution < -0.4 is 0 Å². The van der Waals surface area contributed by atoms with E-state index < -0.39 is 5.79 Å². The Morgan fingerprint density at radius 3 is 2.60 bits per heavy atom. The van der Waals surface area contributed by atoms with Crippen molar-refractivity contribution in [2.75, 3.05) is 6.61 Å². The Labute approximate surface area is 129 Å². The first kappa shape index (κ1) is 16.0. The van der Waals surface area contributed by atoms with Crippen molar-refractivity contribution >= 4 is 15.9 Å². The van der Waals surface area contributed by atoms with Gasteiger partial charge in [-0.2, -0.15) is 0 Å². The fraction of sp³-hybridized carbons (Fsp3) is 0.625. The molecule has 0 spiro atoms. The molecule has 20 heavy (non-hydrogen) atoms. The Morgan fingerprint density at radius 2 is 1.95 bits per heavy atom. The van der Waals surface area contributed by atoms with Gasteiger partial charge >= 0.3 is 0 Å². The van der Waals surface area contributed by atoms with E-state index in [0.29, 0.717) is 0 Å². The van der Waals surface area contributed by atoms with Gasteiger partial charge in [0.15, 0.2) is 5.79 Å². The largest absolute Gasteiger partial charge is 0.396 e. The van der Waals surface area contributed by atoms with E-state index in [4.69, 9.17) is 14.6 Å². The lowest BCUT2D eigenvalue weighted by Gasteiger charge is -2.29. The minimum absolute atomic E-state index is 0.0113. The van der Waals surface area contributed by atoms with Crippen LogP contribution in [-0.2, 0) is 15.9 Å². The van der Waals surface area contributed by atoms with E-state index in [1.807, 2.05) is 32.0 Å². The highest BCUT2D eigenvalue weighted by atomic mass is 79.9. The van der Waals surface area contributed by atoms with Crippen LogP contribution in [0.5, 0.6) is 0 Å². The normalized spacial score (nSPS) is 28.8. The molecule has 1 aliphatic rings. The molecule has 1 heterocycles. The maximum absolute atomic E-state index is 9.09. The third-order valence-corrected chi connectivity index (χ3v) is 4.55. The standard InChI is InChI=1S/C16H23BrO3/c1-15(2)19-14(16(3,20-15)9-6-10-18)11-12-7-4-5-8-13(12)17/h4-5,7-8,14,18H,6,9-11H2,1-3H3/t14-,16-/m0/s1. The molecule has 0 aromatic heterocycles. The molecule has 0 unspecified atom stereocenters. The maximum Gasteiger partial charge on any atom is 0.164 e. The summed E-state index contributed by atoms with van der Waals surface area (Å²) in [5.41, 5.74) is 0.857. The number of halogens is 1. The van der Waals surface area contributed by atoms with Crippen LogP contribution in [0.4, 0.5) is 0 Å². The molecule has 4 heteroatoms. The van der Waals surface area contributed by atoms with Crippen molar-refractivity contribution in [3.05, 3.63) is 34.3 Å². The van der Waals surface area contributed by atoms with E-state index in [0.717, 1.165) is 23.7 Å². The Morgan fingerprint density at radius 1 is 1.25 bits per heavy atom. The monoisotopic (exact) mass is 342 g/mol. The maximum atomic E-state index is 9.09.